The number of amides is 2. The van der Waals surface area contributed by atoms with Gasteiger partial charge in [-0.25, -0.2) is 0 Å². The Balaban J connectivity index is 2.15. The molecule has 0 bridgehead atoms. The molecule has 0 aromatic rings. The predicted octanol–water partition coefficient (Wildman–Crippen LogP) is -0.732. The smallest absolute Gasteiger partial charge is 0.260 e. The highest BCUT2D eigenvalue weighted by molar-refractivity contribution is 6.05. The van der Waals surface area contributed by atoms with E-state index in [-0.39, 0.29) is 11.8 Å². The highest BCUT2D eigenvalue weighted by Crippen LogP contribution is 2.21. The second kappa shape index (κ2) is 4.75. The van der Waals surface area contributed by atoms with Gasteiger partial charge in [0.1, 0.15) is 5.82 Å². The fourth-order valence-electron chi connectivity index (χ4n) is 2.13. The van der Waals surface area contributed by atoms with Gasteiger partial charge >= 0.3 is 0 Å². The van der Waals surface area contributed by atoms with E-state index in [1.54, 1.807) is 0 Å². The van der Waals surface area contributed by atoms with Crippen LogP contribution in [0.3, 0.4) is 0 Å². The van der Waals surface area contributed by atoms with Crippen LogP contribution in [0.25, 0.3) is 0 Å². The second-order valence-electron chi connectivity index (χ2n) is 4.19. The topological polar surface area (TPSA) is 75.9 Å². The SMILES string of the molecule is CC(=O)N1CC/C(=C(/N)N2CCOCC2)C1=O. The first-order valence-corrected chi connectivity index (χ1v) is 5.75. The van der Waals surface area contributed by atoms with Gasteiger partial charge in [-0.05, 0) is 6.42 Å². The van der Waals surface area contributed by atoms with Crippen molar-refractivity contribution >= 4 is 11.8 Å². The molecule has 0 radical (unpaired) electrons. The quantitative estimate of drug-likeness (QED) is 0.610. The minimum absolute atomic E-state index is 0.222. The summed E-state index contributed by atoms with van der Waals surface area (Å²) in [5.41, 5.74) is 6.56. The molecule has 0 saturated carbocycles. The molecule has 2 heterocycles. The standard InChI is InChI=1S/C11H17N3O3/c1-8(15)14-3-2-9(11(14)16)10(12)13-4-6-17-7-5-13/h2-7,12H2,1H3/b10-9+. The van der Waals surface area contributed by atoms with Gasteiger partial charge in [0.2, 0.25) is 5.91 Å². The maximum absolute atomic E-state index is 11.9. The number of ether oxygens (including phenoxy) is 1. The van der Waals surface area contributed by atoms with Crippen LogP contribution in [0.4, 0.5) is 0 Å². The van der Waals surface area contributed by atoms with Crippen molar-refractivity contribution in [3.05, 3.63) is 11.4 Å². The fraction of sp³-hybridized carbons (Fsp3) is 0.636. The highest BCUT2D eigenvalue weighted by atomic mass is 16.5. The summed E-state index contributed by atoms with van der Waals surface area (Å²) in [5, 5.41) is 0. The predicted molar refractivity (Wildman–Crippen MR) is 60.6 cm³/mol. The van der Waals surface area contributed by atoms with Crippen molar-refractivity contribution in [2.75, 3.05) is 32.8 Å². The Kier molecular flexibility index (Phi) is 3.33. The van der Waals surface area contributed by atoms with Gasteiger partial charge in [-0.1, -0.05) is 0 Å². The van der Waals surface area contributed by atoms with Crippen molar-refractivity contribution in [1.82, 2.24) is 9.80 Å². The number of nitrogens with zero attached hydrogens (tertiary/aromatic N) is 2. The Morgan fingerprint density at radius 1 is 1.29 bits per heavy atom. The number of likely N-dealkylation sites (tertiary alicyclic amines) is 1. The fourth-order valence-corrected chi connectivity index (χ4v) is 2.13. The van der Waals surface area contributed by atoms with Crippen LogP contribution in [0.15, 0.2) is 11.4 Å². The van der Waals surface area contributed by atoms with E-state index in [4.69, 9.17) is 10.5 Å². The summed E-state index contributed by atoms with van der Waals surface area (Å²) in [6.07, 6.45) is 0.543. The monoisotopic (exact) mass is 239 g/mol. The maximum Gasteiger partial charge on any atom is 0.260 e. The van der Waals surface area contributed by atoms with Crippen LogP contribution < -0.4 is 5.73 Å². The van der Waals surface area contributed by atoms with Crippen LogP contribution >= 0.6 is 0 Å². The largest absolute Gasteiger partial charge is 0.385 e. The van der Waals surface area contributed by atoms with E-state index >= 15 is 0 Å². The van der Waals surface area contributed by atoms with Crippen LogP contribution in [-0.2, 0) is 14.3 Å². The molecule has 6 nitrogen and oxygen atoms in total. The average molecular weight is 239 g/mol. The number of hydrogen-bond acceptors (Lipinski definition) is 5. The zero-order valence-electron chi connectivity index (χ0n) is 9.94. The molecule has 0 aromatic carbocycles. The molecule has 2 aliphatic heterocycles. The maximum atomic E-state index is 11.9. The van der Waals surface area contributed by atoms with E-state index in [0.29, 0.717) is 50.7 Å². The molecule has 6 heteroatoms. The van der Waals surface area contributed by atoms with E-state index in [9.17, 15) is 9.59 Å². The molecule has 0 unspecified atom stereocenters. The third-order valence-corrected chi connectivity index (χ3v) is 3.13. The minimum Gasteiger partial charge on any atom is -0.385 e. The molecule has 2 aliphatic rings. The third-order valence-electron chi connectivity index (χ3n) is 3.13. The van der Waals surface area contributed by atoms with Crippen molar-refractivity contribution < 1.29 is 14.3 Å². The first-order valence-electron chi connectivity index (χ1n) is 5.75. The number of imide groups is 1. The summed E-state index contributed by atoms with van der Waals surface area (Å²) in [6, 6.07) is 0. The summed E-state index contributed by atoms with van der Waals surface area (Å²) < 4.78 is 5.23. The lowest BCUT2D eigenvalue weighted by molar-refractivity contribution is -0.138. The lowest BCUT2D eigenvalue weighted by Gasteiger charge is -2.29. The zero-order chi connectivity index (χ0) is 12.4. The minimum atomic E-state index is -0.249. The first kappa shape index (κ1) is 11.9. The number of morpholine rings is 1. The van der Waals surface area contributed by atoms with E-state index in [0.717, 1.165) is 0 Å². The molecule has 0 aromatic heterocycles. The number of nitrogens with two attached hydrogens (primary N) is 1. The molecule has 2 amide bonds. The van der Waals surface area contributed by atoms with E-state index in [1.165, 1.54) is 11.8 Å². The van der Waals surface area contributed by atoms with Crippen LogP contribution in [0.1, 0.15) is 13.3 Å². The van der Waals surface area contributed by atoms with Gasteiger partial charge in [-0.2, -0.15) is 0 Å². The molecule has 0 spiro atoms. The zero-order valence-corrected chi connectivity index (χ0v) is 9.94. The van der Waals surface area contributed by atoms with Gasteiger partial charge in [0.25, 0.3) is 5.91 Å². The van der Waals surface area contributed by atoms with Gasteiger partial charge in [0.15, 0.2) is 0 Å². The number of rotatable bonds is 1. The number of carbonyl (C=O) groups excluding carboxylic acids is 2. The Morgan fingerprint density at radius 2 is 1.94 bits per heavy atom. The molecule has 17 heavy (non-hydrogen) atoms. The Bertz CT molecular complexity index is 372. The van der Waals surface area contributed by atoms with Gasteiger partial charge < -0.3 is 15.4 Å². The lowest BCUT2D eigenvalue weighted by atomic mass is 10.2. The van der Waals surface area contributed by atoms with Crippen molar-refractivity contribution in [3.8, 4) is 0 Å². The molecular formula is C11H17N3O3. The third kappa shape index (κ3) is 2.26. The van der Waals surface area contributed by atoms with Crippen molar-refractivity contribution in [2.24, 2.45) is 5.73 Å². The van der Waals surface area contributed by atoms with Gasteiger partial charge in [0.05, 0.1) is 18.8 Å². The first-order chi connectivity index (χ1) is 8.11. The summed E-state index contributed by atoms with van der Waals surface area (Å²) in [5.74, 6) is 0.0309. The van der Waals surface area contributed by atoms with Crippen molar-refractivity contribution in [3.63, 3.8) is 0 Å². The summed E-state index contributed by atoms with van der Waals surface area (Å²) in [4.78, 5) is 26.3. The van der Waals surface area contributed by atoms with Gasteiger partial charge in [0, 0.05) is 26.6 Å². The lowest BCUT2D eigenvalue weighted by Crippen LogP contribution is -2.40. The van der Waals surface area contributed by atoms with Gasteiger partial charge in [-0.3, -0.25) is 14.5 Å². The van der Waals surface area contributed by atoms with Crippen molar-refractivity contribution in [1.29, 1.82) is 0 Å². The van der Waals surface area contributed by atoms with E-state index in [2.05, 4.69) is 0 Å². The van der Waals surface area contributed by atoms with Crippen LogP contribution in [-0.4, -0.2) is 54.5 Å². The Labute approximate surface area is 100.0 Å². The number of hydrogen-bond donors (Lipinski definition) is 1. The molecule has 2 saturated heterocycles. The average Bonchev–Trinajstić information content (AvgIpc) is 2.71. The summed E-state index contributed by atoms with van der Waals surface area (Å²) >= 11 is 0. The van der Waals surface area contributed by atoms with E-state index in [1.807, 2.05) is 4.90 Å². The van der Waals surface area contributed by atoms with Crippen LogP contribution in [0.2, 0.25) is 0 Å². The Hall–Kier alpha value is -1.56. The molecule has 0 atom stereocenters. The van der Waals surface area contributed by atoms with Crippen LogP contribution in [0, 0.1) is 0 Å². The molecule has 94 valence electrons. The molecule has 0 aliphatic carbocycles. The molecule has 2 rings (SSSR count). The van der Waals surface area contributed by atoms with Crippen LogP contribution in [0.5, 0.6) is 0 Å². The Morgan fingerprint density at radius 3 is 2.47 bits per heavy atom. The second-order valence-corrected chi connectivity index (χ2v) is 4.19. The van der Waals surface area contributed by atoms with Gasteiger partial charge in [-0.15, -0.1) is 0 Å². The number of carbonyl (C=O) groups is 2. The summed E-state index contributed by atoms with van der Waals surface area (Å²) in [7, 11) is 0. The molecule has 2 fully saturated rings. The summed E-state index contributed by atoms with van der Waals surface area (Å²) in [6.45, 7) is 4.48. The van der Waals surface area contributed by atoms with E-state index < -0.39 is 0 Å². The van der Waals surface area contributed by atoms with Crippen molar-refractivity contribution in [2.45, 2.75) is 13.3 Å². The highest BCUT2D eigenvalue weighted by Gasteiger charge is 2.32. The molecular weight excluding hydrogens is 222 g/mol. The molecule has 2 N–H and O–H groups in total. The normalized spacial score (nSPS) is 24.2.